The summed E-state index contributed by atoms with van der Waals surface area (Å²) in [5.74, 6) is 1.51. The van der Waals surface area contributed by atoms with E-state index in [2.05, 4.69) is 30.6 Å². The Kier molecular flexibility index (Phi) is 8.52. The lowest BCUT2D eigenvalue weighted by Gasteiger charge is -2.18. The van der Waals surface area contributed by atoms with Gasteiger partial charge >= 0.3 is 6.18 Å². The maximum Gasteiger partial charge on any atom is 0.433 e. The second-order valence-electron chi connectivity index (χ2n) is 11.2. The molecule has 1 aliphatic carbocycles. The number of hydrogen-bond acceptors (Lipinski definition) is 7. The molecule has 2 N–H and O–H groups in total. The second-order valence-corrected chi connectivity index (χ2v) is 11.6. The van der Waals surface area contributed by atoms with Crippen LogP contribution in [0.2, 0.25) is 5.02 Å². The number of carbonyl (C=O) groups is 1. The third kappa shape index (κ3) is 6.53. The first-order chi connectivity index (χ1) is 21.6. The fourth-order valence-electron chi connectivity index (χ4n) is 5.80. The molecule has 1 fully saturated rings. The van der Waals surface area contributed by atoms with E-state index >= 15 is 0 Å². The second kappa shape index (κ2) is 12.5. The quantitative estimate of drug-likeness (QED) is 0.178. The standard InChI is InChI=1S/C34H30ClF3N6O/c1-19-24(6-4-9-27(19)44-33-31-29(10-5-15-40-31)41-20(2)42-33)25-7-3-8-26(30(25)35)28-14-12-22(32(43-28)34(36,37)38)18-39-17-21-11-13-23(45)16-21/h3-10,12,14-15,21,39H,11,13,16-18H2,1-2H3,(H,41,42,44)/t21-/m1/s1. The van der Waals surface area contributed by atoms with E-state index in [1.54, 1.807) is 24.4 Å². The molecule has 45 heavy (non-hydrogen) atoms. The molecule has 2 aromatic carbocycles. The number of Topliss-reactive ketones (excluding diaryl/α,β-unsaturated/α-hetero) is 1. The molecule has 0 amide bonds. The van der Waals surface area contributed by atoms with Crippen molar-refractivity contribution in [3.63, 3.8) is 0 Å². The van der Waals surface area contributed by atoms with Crippen LogP contribution in [-0.4, -0.2) is 32.3 Å². The van der Waals surface area contributed by atoms with Gasteiger partial charge in [-0.05, 0) is 73.7 Å². The highest BCUT2D eigenvalue weighted by atomic mass is 35.5. The highest BCUT2D eigenvalue weighted by molar-refractivity contribution is 6.36. The number of halogens is 4. The van der Waals surface area contributed by atoms with Gasteiger partial charge in [0.2, 0.25) is 0 Å². The van der Waals surface area contributed by atoms with Crippen molar-refractivity contribution >= 4 is 39.9 Å². The lowest BCUT2D eigenvalue weighted by atomic mass is 9.96. The van der Waals surface area contributed by atoms with Crippen molar-refractivity contribution in [2.24, 2.45) is 5.92 Å². The van der Waals surface area contributed by atoms with Crippen LogP contribution in [0.25, 0.3) is 33.4 Å². The molecule has 1 atom stereocenters. The number of carbonyl (C=O) groups excluding carboxylic acids is 1. The highest BCUT2D eigenvalue weighted by Gasteiger charge is 2.36. The third-order valence-corrected chi connectivity index (χ3v) is 8.47. The van der Waals surface area contributed by atoms with Crippen LogP contribution in [0.4, 0.5) is 24.7 Å². The van der Waals surface area contributed by atoms with Crippen molar-refractivity contribution < 1.29 is 18.0 Å². The van der Waals surface area contributed by atoms with Crippen molar-refractivity contribution in [1.29, 1.82) is 0 Å². The van der Waals surface area contributed by atoms with Gasteiger partial charge in [0, 0.05) is 42.4 Å². The Labute approximate surface area is 263 Å². The zero-order valence-corrected chi connectivity index (χ0v) is 25.4. The number of anilines is 2. The van der Waals surface area contributed by atoms with Gasteiger partial charge < -0.3 is 10.6 Å². The van der Waals surface area contributed by atoms with Gasteiger partial charge in [0.05, 0.1) is 16.2 Å². The largest absolute Gasteiger partial charge is 0.433 e. The molecule has 1 saturated carbocycles. The zero-order chi connectivity index (χ0) is 31.7. The summed E-state index contributed by atoms with van der Waals surface area (Å²) < 4.78 is 42.5. The lowest BCUT2D eigenvalue weighted by Crippen LogP contribution is -2.23. The lowest BCUT2D eigenvalue weighted by molar-refractivity contribution is -0.141. The third-order valence-electron chi connectivity index (χ3n) is 8.06. The van der Waals surface area contributed by atoms with Gasteiger partial charge in [0.1, 0.15) is 22.8 Å². The summed E-state index contributed by atoms with van der Waals surface area (Å²) in [6, 6.07) is 17.7. The normalized spacial score (nSPS) is 15.2. The number of nitrogens with zero attached hydrogens (tertiary/aromatic N) is 4. The molecule has 1 aliphatic rings. The van der Waals surface area contributed by atoms with Gasteiger partial charge in [-0.2, -0.15) is 13.2 Å². The van der Waals surface area contributed by atoms with Gasteiger partial charge in [0.15, 0.2) is 5.82 Å². The molecule has 0 radical (unpaired) electrons. The number of ketones is 1. The van der Waals surface area contributed by atoms with Crippen molar-refractivity contribution in [2.45, 2.75) is 45.8 Å². The van der Waals surface area contributed by atoms with E-state index in [1.807, 2.05) is 50.2 Å². The van der Waals surface area contributed by atoms with Gasteiger partial charge in [-0.15, -0.1) is 0 Å². The SMILES string of the molecule is Cc1nc(Nc2cccc(-c3cccc(-c4ccc(CNC[C@@H]5CCC(=O)C5)c(C(F)(F)F)n4)c3Cl)c2C)c2ncccc2n1. The number of rotatable bonds is 8. The number of aryl methyl sites for hydroxylation is 1. The van der Waals surface area contributed by atoms with Crippen LogP contribution in [0, 0.1) is 19.8 Å². The molecule has 0 aliphatic heterocycles. The predicted molar refractivity (Wildman–Crippen MR) is 169 cm³/mol. The molecule has 0 spiro atoms. The van der Waals surface area contributed by atoms with E-state index < -0.39 is 11.9 Å². The summed E-state index contributed by atoms with van der Waals surface area (Å²) >= 11 is 6.92. The number of pyridine rings is 2. The molecule has 3 heterocycles. The number of nitrogens with one attached hydrogen (secondary N) is 2. The summed E-state index contributed by atoms with van der Waals surface area (Å²) in [4.78, 5) is 29.1. The molecule has 0 saturated heterocycles. The minimum absolute atomic E-state index is 0.00373. The van der Waals surface area contributed by atoms with E-state index in [0.717, 1.165) is 28.8 Å². The molecule has 0 bridgehead atoms. The average Bonchev–Trinajstić information content (AvgIpc) is 3.43. The van der Waals surface area contributed by atoms with Gasteiger partial charge in [-0.1, -0.05) is 48.0 Å². The van der Waals surface area contributed by atoms with Crippen LogP contribution < -0.4 is 10.6 Å². The molecule has 0 unspecified atom stereocenters. The Morgan fingerprint density at radius 3 is 2.49 bits per heavy atom. The van der Waals surface area contributed by atoms with Crippen LogP contribution in [-0.2, 0) is 17.5 Å². The van der Waals surface area contributed by atoms with E-state index in [9.17, 15) is 18.0 Å². The molecular formula is C34H30ClF3N6O. The maximum absolute atomic E-state index is 14.2. The van der Waals surface area contributed by atoms with E-state index in [-0.39, 0.29) is 29.5 Å². The van der Waals surface area contributed by atoms with Crippen molar-refractivity contribution in [3.8, 4) is 22.4 Å². The topological polar surface area (TPSA) is 92.7 Å². The number of benzene rings is 2. The number of fused-ring (bicyclic) bond motifs is 1. The smallest absolute Gasteiger partial charge is 0.338 e. The Morgan fingerprint density at radius 2 is 1.71 bits per heavy atom. The van der Waals surface area contributed by atoms with Gasteiger partial charge in [0.25, 0.3) is 0 Å². The first-order valence-electron chi connectivity index (χ1n) is 14.6. The molecule has 3 aromatic heterocycles. The summed E-state index contributed by atoms with van der Waals surface area (Å²) in [6.45, 7) is 4.23. The number of alkyl halides is 3. The minimum Gasteiger partial charge on any atom is -0.338 e. The summed E-state index contributed by atoms with van der Waals surface area (Å²) in [5.41, 5.74) is 4.05. The van der Waals surface area contributed by atoms with Crippen molar-refractivity contribution in [1.82, 2.24) is 25.3 Å². The first kappa shape index (κ1) is 30.6. The summed E-state index contributed by atoms with van der Waals surface area (Å²) in [6.07, 6.45) is -1.21. The first-order valence-corrected chi connectivity index (χ1v) is 15.0. The Balaban J connectivity index is 1.31. The predicted octanol–water partition coefficient (Wildman–Crippen LogP) is 8.25. The van der Waals surface area contributed by atoms with E-state index in [4.69, 9.17) is 11.6 Å². The Hall–Kier alpha value is -4.41. The Bertz CT molecular complexity index is 1910. The fraction of sp³-hybridized carbons (Fsp3) is 0.265. The number of aromatic nitrogens is 4. The van der Waals surface area contributed by atoms with Gasteiger partial charge in [-0.25, -0.2) is 15.0 Å². The average molecular weight is 631 g/mol. The van der Waals surface area contributed by atoms with Crippen LogP contribution in [0.5, 0.6) is 0 Å². The molecule has 7 nitrogen and oxygen atoms in total. The van der Waals surface area contributed by atoms with Gasteiger partial charge in [-0.3, -0.25) is 9.78 Å². The summed E-state index contributed by atoms with van der Waals surface area (Å²) in [5, 5.41) is 6.76. The van der Waals surface area contributed by atoms with Crippen molar-refractivity contribution in [3.05, 3.63) is 94.5 Å². The van der Waals surface area contributed by atoms with Crippen LogP contribution in [0.15, 0.2) is 66.9 Å². The summed E-state index contributed by atoms with van der Waals surface area (Å²) in [7, 11) is 0. The zero-order valence-electron chi connectivity index (χ0n) is 24.7. The van der Waals surface area contributed by atoms with Crippen molar-refractivity contribution in [2.75, 3.05) is 11.9 Å². The Morgan fingerprint density at radius 1 is 0.933 bits per heavy atom. The fourth-order valence-corrected chi connectivity index (χ4v) is 6.13. The molecule has 11 heteroatoms. The molecule has 6 rings (SSSR count). The minimum atomic E-state index is -4.66. The molecule has 5 aromatic rings. The number of hydrogen-bond donors (Lipinski definition) is 2. The van der Waals surface area contributed by atoms with Crippen LogP contribution >= 0.6 is 11.6 Å². The molecule has 230 valence electrons. The molecular weight excluding hydrogens is 601 g/mol. The van der Waals surface area contributed by atoms with Crippen LogP contribution in [0.3, 0.4) is 0 Å². The maximum atomic E-state index is 14.2. The highest BCUT2D eigenvalue weighted by Crippen LogP contribution is 2.40. The van der Waals surface area contributed by atoms with Crippen LogP contribution in [0.1, 0.15) is 41.9 Å². The van der Waals surface area contributed by atoms with E-state index in [0.29, 0.717) is 52.7 Å². The monoisotopic (exact) mass is 630 g/mol. The van der Waals surface area contributed by atoms with E-state index in [1.165, 1.54) is 6.07 Å².